The van der Waals surface area contributed by atoms with E-state index in [9.17, 15) is 24.8 Å². The van der Waals surface area contributed by atoms with Crippen molar-refractivity contribution in [1.82, 2.24) is 4.57 Å². The lowest BCUT2D eigenvalue weighted by Gasteiger charge is -2.27. The summed E-state index contributed by atoms with van der Waals surface area (Å²) in [5, 5.41) is 21.2. The number of phenols is 1. The number of hydrogen-bond acceptors (Lipinski definition) is 10. The van der Waals surface area contributed by atoms with E-state index in [1.54, 1.807) is 25.1 Å². The van der Waals surface area contributed by atoms with Gasteiger partial charge in [0, 0.05) is 17.2 Å². The molecule has 1 N–H and O–H groups in total. The van der Waals surface area contributed by atoms with Crippen molar-refractivity contribution in [2.24, 2.45) is 4.99 Å². The summed E-state index contributed by atoms with van der Waals surface area (Å²) in [5.74, 6) is -0.423. The van der Waals surface area contributed by atoms with Crippen LogP contribution in [0.25, 0.3) is 11.8 Å². The van der Waals surface area contributed by atoms with Crippen LogP contribution < -0.4 is 24.4 Å². The molecule has 0 aliphatic carbocycles. The molecule has 11 nitrogen and oxygen atoms in total. The molecule has 5 rings (SSSR count). The summed E-state index contributed by atoms with van der Waals surface area (Å²) >= 11 is 1.06. The number of carbonyl (C=O) groups excluding carboxylic acids is 1. The van der Waals surface area contributed by atoms with Crippen molar-refractivity contribution >= 4 is 34.8 Å². The third kappa shape index (κ3) is 5.03. The molecule has 0 spiro atoms. The number of rotatable bonds is 8. The van der Waals surface area contributed by atoms with E-state index in [1.807, 2.05) is 30.3 Å². The van der Waals surface area contributed by atoms with Crippen LogP contribution in [-0.4, -0.2) is 41.4 Å². The van der Waals surface area contributed by atoms with E-state index in [2.05, 4.69) is 0 Å². The number of fused-ring (bicyclic) bond motifs is 1. The molecule has 0 saturated carbocycles. The standard InChI is InChI=1S/C30H25N3O8S/c1-4-41-29(36)24-25(18-9-6-5-7-10-18)31-30-32(26(24)19-11-8-12-22(39-2)27(19)40-3)28(35)23(42-30)16-17-13-14-21(34)20(15-17)33(37)38/h5-16,26,34H,4H2,1-3H3. The van der Waals surface area contributed by atoms with E-state index in [0.717, 1.165) is 11.3 Å². The van der Waals surface area contributed by atoms with Crippen LogP contribution in [0.3, 0.4) is 0 Å². The van der Waals surface area contributed by atoms with Gasteiger partial charge in [0.2, 0.25) is 0 Å². The van der Waals surface area contributed by atoms with Crippen molar-refractivity contribution in [2.45, 2.75) is 13.0 Å². The fraction of sp³-hybridized carbons (Fsp3) is 0.167. The molecule has 1 unspecified atom stereocenters. The predicted octanol–water partition coefficient (Wildman–Crippen LogP) is 3.57. The van der Waals surface area contributed by atoms with Gasteiger partial charge in [-0.3, -0.25) is 19.5 Å². The first-order chi connectivity index (χ1) is 20.3. The van der Waals surface area contributed by atoms with Crippen LogP contribution >= 0.6 is 11.3 Å². The van der Waals surface area contributed by atoms with Gasteiger partial charge in [0.25, 0.3) is 5.56 Å². The summed E-state index contributed by atoms with van der Waals surface area (Å²) in [6.07, 6.45) is 1.48. The van der Waals surface area contributed by atoms with E-state index >= 15 is 0 Å². The second-order valence-electron chi connectivity index (χ2n) is 9.02. The zero-order valence-corrected chi connectivity index (χ0v) is 23.6. The minimum atomic E-state index is -1.02. The Bertz CT molecular complexity index is 1910. The molecule has 4 aromatic rings. The highest BCUT2D eigenvalue weighted by Crippen LogP contribution is 2.42. The van der Waals surface area contributed by atoms with Gasteiger partial charge in [-0.15, -0.1) is 0 Å². The van der Waals surface area contributed by atoms with Gasteiger partial charge < -0.3 is 19.3 Å². The van der Waals surface area contributed by atoms with Gasteiger partial charge in [-0.1, -0.05) is 59.9 Å². The van der Waals surface area contributed by atoms with Crippen LogP contribution in [0.4, 0.5) is 5.69 Å². The SMILES string of the molecule is CCOC(=O)C1=C(c2ccccc2)N=c2sc(=Cc3ccc(O)c([N+](=O)[O-])c3)c(=O)n2C1c1cccc(OC)c1OC. The normalized spacial score (nSPS) is 14.6. The fourth-order valence-corrected chi connectivity index (χ4v) is 5.79. The molecule has 0 fully saturated rings. The van der Waals surface area contributed by atoms with Gasteiger partial charge in [-0.25, -0.2) is 9.79 Å². The number of nitrogens with zero attached hydrogens (tertiary/aromatic N) is 3. The number of nitro benzene ring substituents is 1. The highest BCUT2D eigenvalue weighted by Gasteiger charge is 2.37. The number of para-hydroxylation sites is 1. The van der Waals surface area contributed by atoms with Crippen molar-refractivity contribution in [1.29, 1.82) is 0 Å². The molecule has 42 heavy (non-hydrogen) atoms. The van der Waals surface area contributed by atoms with E-state index in [4.69, 9.17) is 19.2 Å². The predicted molar refractivity (Wildman–Crippen MR) is 155 cm³/mol. The second kappa shape index (κ2) is 11.7. The summed E-state index contributed by atoms with van der Waals surface area (Å²) < 4.78 is 18.3. The Hall–Kier alpha value is -5.23. The van der Waals surface area contributed by atoms with Crippen molar-refractivity contribution in [3.63, 3.8) is 0 Å². The molecule has 1 aliphatic rings. The number of esters is 1. The average Bonchev–Trinajstić information content (AvgIpc) is 3.31. The number of phenolic OH excluding ortho intramolecular Hbond substituents is 1. The number of nitro groups is 1. The topological polar surface area (TPSA) is 142 Å². The summed E-state index contributed by atoms with van der Waals surface area (Å²) in [7, 11) is 2.95. The van der Waals surface area contributed by atoms with E-state index < -0.39 is 33.9 Å². The Labute approximate surface area is 243 Å². The number of methoxy groups -OCH3 is 2. The monoisotopic (exact) mass is 587 g/mol. The lowest BCUT2D eigenvalue weighted by Crippen LogP contribution is -2.40. The third-order valence-electron chi connectivity index (χ3n) is 6.60. The Balaban J connectivity index is 1.87. The van der Waals surface area contributed by atoms with Gasteiger partial charge in [0.05, 0.1) is 41.6 Å². The van der Waals surface area contributed by atoms with Gasteiger partial charge in [-0.2, -0.15) is 0 Å². The molecule has 0 saturated heterocycles. The van der Waals surface area contributed by atoms with Gasteiger partial charge >= 0.3 is 11.7 Å². The summed E-state index contributed by atoms with van der Waals surface area (Å²) in [6, 6.07) is 17.1. The van der Waals surface area contributed by atoms with Crippen molar-refractivity contribution in [3.05, 3.63) is 119 Å². The van der Waals surface area contributed by atoms with Crippen molar-refractivity contribution < 1.29 is 29.0 Å². The maximum Gasteiger partial charge on any atom is 0.338 e. The first kappa shape index (κ1) is 28.3. The van der Waals surface area contributed by atoms with Gasteiger partial charge in [0.15, 0.2) is 22.0 Å². The number of thiazole rings is 1. The lowest BCUT2D eigenvalue weighted by atomic mass is 9.92. The van der Waals surface area contributed by atoms with Crippen molar-refractivity contribution in [2.75, 3.05) is 20.8 Å². The molecule has 2 heterocycles. The zero-order valence-electron chi connectivity index (χ0n) is 22.8. The Kier molecular flexibility index (Phi) is 7.89. The van der Waals surface area contributed by atoms with E-state index in [1.165, 1.54) is 43.1 Å². The number of aromatic hydroxyl groups is 1. The number of ether oxygens (including phenoxy) is 3. The molecular weight excluding hydrogens is 562 g/mol. The molecule has 1 atom stereocenters. The average molecular weight is 588 g/mol. The molecule has 214 valence electrons. The summed E-state index contributed by atoms with van der Waals surface area (Å²) in [5.41, 5.74) is 0.916. The van der Waals surface area contributed by atoms with Crippen LogP contribution in [0.5, 0.6) is 17.2 Å². The number of hydrogen-bond donors (Lipinski definition) is 1. The van der Waals surface area contributed by atoms with Crippen molar-refractivity contribution in [3.8, 4) is 17.2 Å². The Morgan fingerprint density at radius 1 is 1.12 bits per heavy atom. The molecule has 0 bridgehead atoms. The van der Waals surface area contributed by atoms with Crippen LogP contribution in [0.1, 0.15) is 29.7 Å². The minimum Gasteiger partial charge on any atom is -0.502 e. The minimum absolute atomic E-state index is 0.0937. The first-order valence-corrected chi connectivity index (χ1v) is 13.6. The molecule has 3 aromatic carbocycles. The van der Waals surface area contributed by atoms with Crippen LogP contribution in [-0.2, 0) is 9.53 Å². The fourth-order valence-electron chi connectivity index (χ4n) is 4.79. The zero-order chi connectivity index (χ0) is 30.0. The van der Waals surface area contributed by atoms with Crippen LogP contribution in [0, 0.1) is 10.1 Å². The number of carbonyl (C=O) groups is 1. The quantitative estimate of drug-likeness (QED) is 0.187. The lowest BCUT2D eigenvalue weighted by molar-refractivity contribution is -0.385. The van der Waals surface area contributed by atoms with E-state index in [-0.39, 0.29) is 16.7 Å². The molecule has 0 radical (unpaired) electrons. The molecule has 0 amide bonds. The van der Waals surface area contributed by atoms with Gasteiger partial charge in [0.1, 0.15) is 6.04 Å². The maximum absolute atomic E-state index is 14.1. The summed E-state index contributed by atoms with van der Waals surface area (Å²) in [4.78, 5) is 43.4. The number of benzene rings is 3. The number of aromatic nitrogens is 1. The smallest absolute Gasteiger partial charge is 0.338 e. The molecule has 12 heteroatoms. The molecule has 1 aromatic heterocycles. The Morgan fingerprint density at radius 3 is 2.55 bits per heavy atom. The Morgan fingerprint density at radius 2 is 1.88 bits per heavy atom. The van der Waals surface area contributed by atoms with Gasteiger partial charge in [-0.05, 0) is 30.7 Å². The maximum atomic E-state index is 14.1. The first-order valence-electron chi connectivity index (χ1n) is 12.8. The third-order valence-corrected chi connectivity index (χ3v) is 7.58. The largest absolute Gasteiger partial charge is 0.502 e. The highest BCUT2D eigenvalue weighted by molar-refractivity contribution is 7.07. The van der Waals surface area contributed by atoms with Crippen LogP contribution in [0.15, 0.2) is 82.1 Å². The van der Waals surface area contributed by atoms with Crippen LogP contribution in [0.2, 0.25) is 0 Å². The molecular formula is C30H25N3O8S. The highest BCUT2D eigenvalue weighted by atomic mass is 32.1. The van der Waals surface area contributed by atoms with E-state index in [0.29, 0.717) is 38.7 Å². The molecule has 1 aliphatic heterocycles. The second-order valence-corrected chi connectivity index (χ2v) is 10.0. The summed E-state index contributed by atoms with van der Waals surface area (Å²) in [6.45, 7) is 1.78.